The van der Waals surface area contributed by atoms with Crippen LogP contribution in [0.5, 0.6) is 0 Å². The van der Waals surface area contributed by atoms with Gasteiger partial charge in [-0.2, -0.15) is 0 Å². The highest BCUT2D eigenvalue weighted by Gasteiger charge is 2.32. The van der Waals surface area contributed by atoms with Crippen LogP contribution in [0, 0.1) is 12.8 Å². The van der Waals surface area contributed by atoms with Crippen LogP contribution in [0.3, 0.4) is 0 Å². The maximum absolute atomic E-state index is 11.7. The van der Waals surface area contributed by atoms with E-state index in [1.807, 2.05) is 13.0 Å². The minimum Gasteiger partial charge on any atom is -0.324 e. The molecule has 0 aromatic carbocycles. The lowest BCUT2D eigenvalue weighted by atomic mass is 9.81. The quantitative estimate of drug-likeness (QED) is 0.920. The number of hydrogen-bond donors (Lipinski definition) is 1. The summed E-state index contributed by atoms with van der Waals surface area (Å²) in [5.41, 5.74) is 8.41. The Morgan fingerprint density at radius 3 is 2.74 bits per heavy atom. The van der Waals surface area contributed by atoms with Crippen molar-refractivity contribution in [1.82, 2.24) is 4.98 Å². The van der Waals surface area contributed by atoms with Crippen molar-refractivity contribution in [2.45, 2.75) is 43.9 Å². The van der Waals surface area contributed by atoms with E-state index in [0.29, 0.717) is 6.42 Å². The minimum atomic E-state index is -2.95. The summed E-state index contributed by atoms with van der Waals surface area (Å²) >= 11 is 0. The number of hydrogen-bond acceptors (Lipinski definition) is 4. The molecule has 4 nitrogen and oxygen atoms in total. The summed E-state index contributed by atoms with van der Waals surface area (Å²) in [6.45, 7) is 1.99. The van der Waals surface area contributed by atoms with Crippen molar-refractivity contribution in [3.63, 3.8) is 0 Å². The second-order valence-electron chi connectivity index (χ2n) is 5.70. The van der Waals surface area contributed by atoms with Gasteiger partial charge in [0.1, 0.15) is 9.84 Å². The van der Waals surface area contributed by atoms with Crippen LogP contribution < -0.4 is 5.73 Å². The molecule has 2 rings (SSSR count). The molecule has 0 radical (unpaired) electrons. The van der Waals surface area contributed by atoms with Crippen molar-refractivity contribution >= 4 is 9.84 Å². The summed E-state index contributed by atoms with van der Waals surface area (Å²) in [6.07, 6.45) is 8.32. The Hall–Kier alpha value is -0.940. The number of nitrogens with zero attached hydrogens (tertiary/aromatic N) is 1. The highest BCUT2D eigenvalue weighted by molar-refractivity contribution is 7.91. The van der Waals surface area contributed by atoms with Crippen LogP contribution in [0.4, 0.5) is 0 Å². The van der Waals surface area contributed by atoms with Gasteiger partial charge < -0.3 is 5.73 Å². The number of aromatic nitrogens is 1. The van der Waals surface area contributed by atoms with Crippen molar-refractivity contribution < 1.29 is 8.42 Å². The molecule has 1 aliphatic rings. The van der Waals surface area contributed by atoms with Crippen LogP contribution >= 0.6 is 0 Å². The molecule has 2 N–H and O–H groups in total. The van der Waals surface area contributed by atoms with Crippen LogP contribution in [0.15, 0.2) is 18.5 Å². The van der Waals surface area contributed by atoms with Crippen LogP contribution in [0.1, 0.15) is 42.9 Å². The van der Waals surface area contributed by atoms with Crippen molar-refractivity contribution in [3.05, 3.63) is 29.6 Å². The van der Waals surface area contributed by atoms with E-state index in [4.69, 9.17) is 5.73 Å². The van der Waals surface area contributed by atoms with Crippen LogP contribution in [-0.4, -0.2) is 24.9 Å². The van der Waals surface area contributed by atoms with Gasteiger partial charge in [0.05, 0.1) is 5.25 Å². The molecule has 106 valence electrons. The second kappa shape index (κ2) is 5.59. The van der Waals surface area contributed by atoms with Gasteiger partial charge in [0.2, 0.25) is 0 Å². The van der Waals surface area contributed by atoms with Gasteiger partial charge in [-0.15, -0.1) is 0 Å². The van der Waals surface area contributed by atoms with E-state index in [2.05, 4.69) is 4.98 Å². The smallest absolute Gasteiger partial charge is 0.150 e. The predicted molar refractivity (Wildman–Crippen MR) is 76.5 cm³/mol. The number of rotatable bonds is 3. The molecule has 1 saturated carbocycles. The molecular weight excluding hydrogens is 260 g/mol. The first-order valence-corrected chi connectivity index (χ1v) is 8.69. The molecule has 1 aromatic heterocycles. The monoisotopic (exact) mass is 282 g/mol. The molecule has 1 heterocycles. The molecule has 0 amide bonds. The predicted octanol–water partition coefficient (Wildman–Crippen LogP) is 1.99. The SMILES string of the molecule is Cc1cncc(C(N)C2CCCC(S(C)(=O)=O)C2)c1. The zero-order valence-corrected chi connectivity index (χ0v) is 12.4. The average Bonchev–Trinajstić information content (AvgIpc) is 2.37. The number of pyridine rings is 1. The average molecular weight is 282 g/mol. The summed E-state index contributed by atoms with van der Waals surface area (Å²) < 4.78 is 23.4. The highest BCUT2D eigenvalue weighted by atomic mass is 32.2. The third kappa shape index (κ3) is 3.54. The lowest BCUT2D eigenvalue weighted by Gasteiger charge is -2.32. The molecule has 3 atom stereocenters. The molecule has 0 bridgehead atoms. The Balaban J connectivity index is 2.13. The molecule has 1 aliphatic carbocycles. The van der Waals surface area contributed by atoms with E-state index >= 15 is 0 Å². The summed E-state index contributed by atoms with van der Waals surface area (Å²) in [5.74, 6) is 0.233. The minimum absolute atomic E-state index is 0.114. The third-order valence-corrected chi connectivity index (χ3v) is 5.70. The van der Waals surface area contributed by atoms with Gasteiger partial charge in [0.25, 0.3) is 0 Å². The summed E-state index contributed by atoms with van der Waals surface area (Å²) in [4.78, 5) is 4.17. The van der Waals surface area contributed by atoms with Crippen molar-refractivity contribution in [3.8, 4) is 0 Å². The zero-order chi connectivity index (χ0) is 14.0. The van der Waals surface area contributed by atoms with E-state index < -0.39 is 9.84 Å². The maximum Gasteiger partial charge on any atom is 0.150 e. The van der Waals surface area contributed by atoms with Crippen LogP contribution in [-0.2, 0) is 9.84 Å². The van der Waals surface area contributed by atoms with Crippen molar-refractivity contribution in [2.24, 2.45) is 11.7 Å². The standard InChI is InChI=1S/C14H22N2O2S/c1-10-6-12(9-16-8-10)14(15)11-4-3-5-13(7-11)19(2,17)18/h6,8-9,11,13-14H,3-5,7,15H2,1-2H3. The van der Waals surface area contributed by atoms with Gasteiger partial charge in [0.15, 0.2) is 0 Å². The Kier molecular flexibility index (Phi) is 4.26. The summed E-state index contributed by atoms with van der Waals surface area (Å²) in [6, 6.07) is 1.93. The van der Waals surface area contributed by atoms with E-state index in [-0.39, 0.29) is 17.2 Å². The van der Waals surface area contributed by atoms with Gasteiger partial charge >= 0.3 is 0 Å². The molecule has 3 unspecified atom stereocenters. The highest BCUT2D eigenvalue weighted by Crippen LogP contribution is 2.35. The van der Waals surface area contributed by atoms with E-state index in [1.165, 1.54) is 6.26 Å². The first kappa shape index (κ1) is 14.5. The molecule has 1 aromatic rings. The first-order chi connectivity index (χ1) is 8.88. The molecule has 19 heavy (non-hydrogen) atoms. The van der Waals surface area contributed by atoms with Gasteiger partial charge in [-0.25, -0.2) is 8.42 Å². The van der Waals surface area contributed by atoms with E-state index in [9.17, 15) is 8.42 Å². The molecule has 5 heteroatoms. The zero-order valence-electron chi connectivity index (χ0n) is 11.5. The Morgan fingerprint density at radius 2 is 2.11 bits per heavy atom. The van der Waals surface area contributed by atoms with Crippen LogP contribution in [0.2, 0.25) is 0 Å². The van der Waals surface area contributed by atoms with Gasteiger partial charge in [0, 0.05) is 24.7 Å². The first-order valence-electron chi connectivity index (χ1n) is 6.74. The third-order valence-electron chi connectivity index (χ3n) is 4.06. The van der Waals surface area contributed by atoms with E-state index in [1.54, 1.807) is 12.4 Å². The topological polar surface area (TPSA) is 73.0 Å². The Labute approximate surface area is 115 Å². The lowest BCUT2D eigenvalue weighted by molar-refractivity contribution is 0.308. The summed E-state index contributed by atoms with van der Waals surface area (Å²) in [5, 5.41) is -0.227. The molecule has 0 saturated heterocycles. The maximum atomic E-state index is 11.7. The molecular formula is C14H22N2O2S. The van der Waals surface area contributed by atoms with Gasteiger partial charge in [-0.05, 0) is 43.2 Å². The summed E-state index contributed by atoms with van der Waals surface area (Å²) in [7, 11) is -2.95. The number of nitrogens with two attached hydrogens (primary N) is 1. The fourth-order valence-corrected chi connectivity index (χ4v) is 4.12. The Bertz CT molecular complexity index is 542. The Morgan fingerprint density at radius 1 is 1.37 bits per heavy atom. The molecule has 1 fully saturated rings. The van der Waals surface area contributed by atoms with Gasteiger partial charge in [-0.3, -0.25) is 4.98 Å². The molecule has 0 spiro atoms. The number of sulfone groups is 1. The van der Waals surface area contributed by atoms with E-state index in [0.717, 1.165) is 30.4 Å². The number of aryl methyl sites for hydroxylation is 1. The van der Waals surface area contributed by atoms with Crippen molar-refractivity contribution in [2.75, 3.05) is 6.26 Å². The van der Waals surface area contributed by atoms with Gasteiger partial charge in [-0.1, -0.05) is 12.5 Å². The normalized spacial score (nSPS) is 26.1. The fraction of sp³-hybridized carbons (Fsp3) is 0.643. The second-order valence-corrected chi connectivity index (χ2v) is 8.03. The lowest BCUT2D eigenvalue weighted by Crippen LogP contribution is -2.33. The molecule has 0 aliphatic heterocycles. The van der Waals surface area contributed by atoms with Crippen LogP contribution in [0.25, 0.3) is 0 Å². The fourth-order valence-electron chi connectivity index (χ4n) is 2.93. The van der Waals surface area contributed by atoms with Crippen molar-refractivity contribution in [1.29, 1.82) is 0 Å². The largest absolute Gasteiger partial charge is 0.324 e.